The molecule has 1 atom stereocenters. The fourth-order valence-corrected chi connectivity index (χ4v) is 3.67. The molecule has 0 spiro atoms. The maximum atomic E-state index is 5.94. The van der Waals surface area contributed by atoms with Crippen LogP contribution in [0.3, 0.4) is 0 Å². The Hall–Kier alpha value is -0.580. The molecule has 2 N–H and O–H groups in total. The van der Waals surface area contributed by atoms with Crippen LogP contribution >= 0.6 is 15.9 Å². The minimum Gasteiger partial charge on any atom is -0.372 e. The highest BCUT2D eigenvalue weighted by molar-refractivity contribution is 9.10. The highest BCUT2D eigenvalue weighted by atomic mass is 79.9. The van der Waals surface area contributed by atoms with E-state index in [1.54, 1.807) is 0 Å². The number of benzene rings is 1. The zero-order valence-corrected chi connectivity index (χ0v) is 14.6. The first kappa shape index (κ1) is 15.8. The molecule has 0 saturated heterocycles. The molecule has 3 nitrogen and oxygen atoms in total. The molecule has 112 valence electrons. The smallest absolute Gasteiger partial charge is 0.0508 e. The van der Waals surface area contributed by atoms with E-state index >= 15 is 0 Å². The number of likely N-dealkylation sites (N-methyl/N-ethyl adjacent to an activating group) is 2. The van der Waals surface area contributed by atoms with Gasteiger partial charge in [0.2, 0.25) is 0 Å². The summed E-state index contributed by atoms with van der Waals surface area (Å²) < 4.78 is 1.13. The van der Waals surface area contributed by atoms with E-state index in [0.29, 0.717) is 5.54 Å². The molecule has 0 heterocycles. The van der Waals surface area contributed by atoms with Gasteiger partial charge in [0.15, 0.2) is 0 Å². The summed E-state index contributed by atoms with van der Waals surface area (Å²) in [6.45, 7) is 3.08. The van der Waals surface area contributed by atoms with Crippen LogP contribution < -0.4 is 10.6 Å². The van der Waals surface area contributed by atoms with Crippen LogP contribution in [-0.2, 0) is 0 Å². The lowest BCUT2D eigenvalue weighted by molar-refractivity contribution is 0.0683. The first-order valence-corrected chi connectivity index (χ1v) is 8.09. The van der Waals surface area contributed by atoms with Crippen molar-refractivity contribution in [3.8, 4) is 0 Å². The Balaban J connectivity index is 2.15. The third-order valence-corrected chi connectivity index (χ3v) is 5.31. The van der Waals surface area contributed by atoms with E-state index < -0.39 is 0 Å². The molecule has 1 saturated carbocycles. The zero-order chi connectivity index (χ0) is 14.9. The van der Waals surface area contributed by atoms with Gasteiger partial charge < -0.3 is 15.5 Å². The molecule has 4 heteroatoms. The quantitative estimate of drug-likeness (QED) is 0.892. The highest BCUT2D eigenvalue weighted by Gasteiger charge is 2.40. The maximum Gasteiger partial charge on any atom is 0.0508 e. The second-order valence-corrected chi connectivity index (χ2v) is 7.18. The van der Waals surface area contributed by atoms with Crippen molar-refractivity contribution >= 4 is 21.6 Å². The van der Waals surface area contributed by atoms with Gasteiger partial charge >= 0.3 is 0 Å². The number of nitrogens with two attached hydrogens (primary N) is 1. The van der Waals surface area contributed by atoms with Crippen LogP contribution in [0.2, 0.25) is 0 Å². The van der Waals surface area contributed by atoms with Crippen LogP contribution in [0.25, 0.3) is 0 Å². The van der Waals surface area contributed by atoms with Gasteiger partial charge in [-0.15, -0.1) is 0 Å². The van der Waals surface area contributed by atoms with E-state index in [2.05, 4.69) is 65.1 Å². The second-order valence-electron chi connectivity index (χ2n) is 6.33. The van der Waals surface area contributed by atoms with E-state index in [9.17, 15) is 0 Å². The third-order valence-electron chi connectivity index (χ3n) is 4.67. The molecule has 20 heavy (non-hydrogen) atoms. The average Bonchev–Trinajstić information content (AvgIpc) is 2.32. The summed E-state index contributed by atoms with van der Waals surface area (Å²) >= 11 is 3.69. The monoisotopic (exact) mass is 339 g/mol. The van der Waals surface area contributed by atoms with Crippen molar-refractivity contribution in [1.29, 1.82) is 0 Å². The Morgan fingerprint density at radius 2 is 1.95 bits per heavy atom. The first-order chi connectivity index (χ1) is 9.35. The lowest BCUT2D eigenvalue weighted by Crippen LogP contribution is -2.56. The molecular weight excluding hydrogens is 314 g/mol. The number of hydrogen-bond acceptors (Lipinski definition) is 3. The third kappa shape index (κ3) is 3.02. The summed E-state index contributed by atoms with van der Waals surface area (Å²) in [5.41, 5.74) is 8.69. The molecule has 1 aliphatic carbocycles. The predicted octanol–water partition coefficient (Wildman–Crippen LogP) is 3.39. The summed E-state index contributed by atoms with van der Waals surface area (Å²) in [4.78, 5) is 4.74. The van der Waals surface area contributed by atoms with Gasteiger partial charge in [-0.05, 0) is 73.9 Å². The van der Waals surface area contributed by atoms with Gasteiger partial charge in [0, 0.05) is 29.6 Å². The molecule has 0 unspecified atom stereocenters. The van der Waals surface area contributed by atoms with Crippen LogP contribution in [0, 0.1) is 0 Å². The summed E-state index contributed by atoms with van der Waals surface area (Å²) in [5, 5.41) is 0. The largest absolute Gasteiger partial charge is 0.372 e. The van der Waals surface area contributed by atoms with Crippen molar-refractivity contribution in [1.82, 2.24) is 4.90 Å². The number of anilines is 1. The van der Waals surface area contributed by atoms with Crippen molar-refractivity contribution in [2.24, 2.45) is 5.73 Å². The van der Waals surface area contributed by atoms with Crippen LogP contribution in [0.4, 0.5) is 5.69 Å². The van der Waals surface area contributed by atoms with Crippen LogP contribution in [0.15, 0.2) is 22.7 Å². The molecule has 0 radical (unpaired) electrons. The number of hydrogen-bond donors (Lipinski definition) is 1. The predicted molar refractivity (Wildman–Crippen MR) is 90.3 cm³/mol. The summed E-state index contributed by atoms with van der Waals surface area (Å²) in [6, 6.07) is 6.51. The molecule has 0 aliphatic heterocycles. The molecule has 1 aromatic rings. The molecule has 1 aromatic carbocycles. The minimum atomic E-state index is 0.0744. The van der Waals surface area contributed by atoms with Gasteiger partial charge in [-0.25, -0.2) is 0 Å². The van der Waals surface area contributed by atoms with Crippen molar-refractivity contribution in [3.63, 3.8) is 0 Å². The molecule has 0 aromatic heterocycles. The van der Waals surface area contributed by atoms with Gasteiger partial charge in [-0.3, -0.25) is 0 Å². The van der Waals surface area contributed by atoms with Crippen LogP contribution in [-0.4, -0.2) is 38.1 Å². The van der Waals surface area contributed by atoms with Crippen molar-refractivity contribution in [3.05, 3.63) is 28.2 Å². The van der Waals surface area contributed by atoms with E-state index in [1.165, 1.54) is 30.5 Å². The van der Waals surface area contributed by atoms with Crippen LogP contribution in [0.5, 0.6) is 0 Å². The van der Waals surface area contributed by atoms with E-state index in [0.717, 1.165) is 11.0 Å². The summed E-state index contributed by atoms with van der Waals surface area (Å²) in [7, 11) is 6.57. The summed E-state index contributed by atoms with van der Waals surface area (Å²) in [6.07, 6.45) is 3.93. The van der Waals surface area contributed by atoms with Crippen LogP contribution in [0.1, 0.15) is 37.8 Å². The lowest BCUT2D eigenvalue weighted by atomic mass is 9.75. The Bertz CT molecular complexity index is 467. The molecule has 0 bridgehead atoms. The molecule has 1 fully saturated rings. The van der Waals surface area contributed by atoms with Gasteiger partial charge in [-0.1, -0.05) is 6.07 Å². The Labute approximate surface area is 131 Å². The zero-order valence-electron chi connectivity index (χ0n) is 13.0. The molecule has 2 rings (SSSR count). The summed E-state index contributed by atoms with van der Waals surface area (Å²) in [5.74, 6) is 0. The van der Waals surface area contributed by atoms with Gasteiger partial charge in [0.05, 0.1) is 5.69 Å². The molecule has 0 amide bonds. The Morgan fingerprint density at radius 1 is 1.30 bits per heavy atom. The SMILES string of the molecule is C[C@H](N)c1ccc(N(C)CC2(N(C)C)CCC2)c(Br)c1. The van der Waals surface area contributed by atoms with E-state index in [1.807, 2.05) is 6.92 Å². The van der Waals surface area contributed by atoms with Crippen molar-refractivity contribution < 1.29 is 0 Å². The van der Waals surface area contributed by atoms with Crippen molar-refractivity contribution in [2.75, 3.05) is 32.6 Å². The van der Waals surface area contributed by atoms with E-state index in [4.69, 9.17) is 5.73 Å². The van der Waals surface area contributed by atoms with E-state index in [-0.39, 0.29) is 6.04 Å². The Morgan fingerprint density at radius 3 is 2.35 bits per heavy atom. The number of halogens is 1. The minimum absolute atomic E-state index is 0.0744. The number of nitrogens with zero attached hydrogens (tertiary/aromatic N) is 2. The second kappa shape index (κ2) is 6.04. The molecular formula is C16H26BrN3. The first-order valence-electron chi connectivity index (χ1n) is 7.29. The average molecular weight is 340 g/mol. The Kier molecular flexibility index (Phi) is 4.77. The lowest BCUT2D eigenvalue weighted by Gasteiger charge is -2.49. The fraction of sp³-hybridized carbons (Fsp3) is 0.625. The molecule has 1 aliphatic rings. The van der Waals surface area contributed by atoms with Gasteiger partial charge in [-0.2, -0.15) is 0 Å². The fourth-order valence-electron chi connectivity index (χ4n) is 2.97. The topological polar surface area (TPSA) is 32.5 Å². The van der Waals surface area contributed by atoms with Gasteiger partial charge in [0.1, 0.15) is 0 Å². The standard InChI is InChI=1S/C16H26BrN3/c1-12(18)13-6-7-15(14(17)10-13)20(4)11-16(19(2)3)8-5-9-16/h6-7,10,12H,5,8-9,11,18H2,1-4H3/t12-/m0/s1. The maximum absolute atomic E-state index is 5.94. The normalized spacial score (nSPS) is 18.8. The van der Waals surface area contributed by atoms with Crippen molar-refractivity contribution in [2.45, 2.75) is 37.8 Å². The highest BCUT2D eigenvalue weighted by Crippen LogP contribution is 2.38. The van der Waals surface area contributed by atoms with Gasteiger partial charge in [0.25, 0.3) is 0 Å². The number of rotatable bonds is 5.